The van der Waals surface area contributed by atoms with Gasteiger partial charge in [-0.25, -0.2) is 0 Å². The minimum atomic E-state index is -1.05. The fourth-order valence-electron chi connectivity index (χ4n) is 5.12. The van der Waals surface area contributed by atoms with E-state index < -0.39 is 17.5 Å². The lowest BCUT2D eigenvalue weighted by molar-refractivity contribution is -0.133. The van der Waals surface area contributed by atoms with Gasteiger partial charge < -0.3 is 20.0 Å². The Morgan fingerprint density at radius 1 is 1.03 bits per heavy atom. The highest BCUT2D eigenvalue weighted by Gasteiger charge is 2.43. The summed E-state index contributed by atoms with van der Waals surface area (Å²) in [5, 5.41) is 6.80. The minimum Gasteiger partial charge on any atom is -0.451 e. The normalized spacial score (nSPS) is 20.0. The monoisotopic (exact) mass is 537 g/mol. The summed E-state index contributed by atoms with van der Waals surface area (Å²) < 4.78 is 6.65. The second kappa shape index (κ2) is 9.85. The maximum atomic E-state index is 13.5. The van der Waals surface area contributed by atoms with Crippen molar-refractivity contribution in [1.82, 2.24) is 10.6 Å². The van der Waals surface area contributed by atoms with E-state index in [1.54, 1.807) is 12.1 Å². The number of halogens is 1. The van der Waals surface area contributed by atoms with Crippen LogP contribution in [-0.4, -0.2) is 42.3 Å². The number of rotatable bonds is 5. The zero-order chi connectivity index (χ0) is 24.4. The van der Waals surface area contributed by atoms with Crippen molar-refractivity contribution in [2.24, 2.45) is 0 Å². The lowest BCUT2D eigenvalue weighted by atomic mass is 9.80. The van der Waals surface area contributed by atoms with Gasteiger partial charge in [0.25, 0.3) is 5.91 Å². The molecular formula is C27H28BrN3O4. The third-order valence-corrected chi connectivity index (χ3v) is 7.74. The van der Waals surface area contributed by atoms with Gasteiger partial charge >= 0.3 is 0 Å². The SMILES string of the molecule is O=C(NC1(C(=O)NC2CCN(c3ccccc3Br)CC2=O)CCCCC1)c1cc2ccccc2o1. The number of nitrogens with one attached hydrogen (secondary N) is 2. The highest BCUT2D eigenvalue weighted by molar-refractivity contribution is 9.10. The average Bonchev–Trinajstić information content (AvgIpc) is 3.31. The Bertz CT molecular complexity index is 1230. The number of carbonyl (C=O) groups excluding carboxylic acids is 3. The molecule has 1 saturated carbocycles. The van der Waals surface area contributed by atoms with Crippen LogP contribution in [0.2, 0.25) is 0 Å². The van der Waals surface area contributed by atoms with Gasteiger partial charge in [-0.15, -0.1) is 0 Å². The van der Waals surface area contributed by atoms with E-state index in [0.29, 0.717) is 31.4 Å². The van der Waals surface area contributed by atoms with Crippen LogP contribution < -0.4 is 15.5 Å². The molecule has 5 rings (SSSR count). The summed E-state index contributed by atoms with van der Waals surface area (Å²) in [5.74, 6) is -0.542. The third-order valence-electron chi connectivity index (χ3n) is 7.07. The second-order valence-electron chi connectivity index (χ2n) is 9.40. The molecule has 1 atom stereocenters. The fourth-order valence-corrected chi connectivity index (χ4v) is 5.66. The van der Waals surface area contributed by atoms with Crippen molar-refractivity contribution in [1.29, 1.82) is 0 Å². The van der Waals surface area contributed by atoms with E-state index in [1.807, 2.05) is 47.4 Å². The molecule has 2 heterocycles. The van der Waals surface area contributed by atoms with E-state index in [9.17, 15) is 14.4 Å². The topological polar surface area (TPSA) is 91.7 Å². The quantitative estimate of drug-likeness (QED) is 0.496. The van der Waals surface area contributed by atoms with Crippen LogP contribution >= 0.6 is 15.9 Å². The summed E-state index contributed by atoms with van der Waals surface area (Å²) in [6, 6.07) is 16.3. The molecule has 2 aliphatic rings. The van der Waals surface area contributed by atoms with E-state index in [4.69, 9.17) is 4.42 Å². The van der Waals surface area contributed by atoms with Gasteiger partial charge in [-0.3, -0.25) is 14.4 Å². The van der Waals surface area contributed by atoms with Gasteiger partial charge in [0.15, 0.2) is 11.5 Å². The van der Waals surface area contributed by atoms with E-state index in [2.05, 4.69) is 26.6 Å². The van der Waals surface area contributed by atoms with E-state index in [0.717, 1.165) is 34.8 Å². The lowest BCUT2D eigenvalue weighted by Gasteiger charge is -2.39. The molecule has 3 aromatic rings. The highest BCUT2D eigenvalue weighted by Crippen LogP contribution is 2.31. The van der Waals surface area contributed by atoms with Gasteiger partial charge in [0, 0.05) is 16.4 Å². The largest absolute Gasteiger partial charge is 0.451 e. The molecule has 2 N–H and O–H groups in total. The number of carbonyl (C=O) groups is 3. The fraction of sp³-hybridized carbons (Fsp3) is 0.370. The van der Waals surface area contributed by atoms with Crippen LogP contribution in [-0.2, 0) is 9.59 Å². The first-order valence-electron chi connectivity index (χ1n) is 12.1. The first-order valence-corrected chi connectivity index (χ1v) is 12.9. The number of para-hydroxylation sites is 2. The molecular weight excluding hydrogens is 510 g/mol. The van der Waals surface area contributed by atoms with Crippen LogP contribution in [0.1, 0.15) is 49.1 Å². The Balaban J connectivity index is 1.29. The predicted molar refractivity (Wildman–Crippen MR) is 137 cm³/mol. The third kappa shape index (κ3) is 4.85. The molecule has 8 heteroatoms. The zero-order valence-corrected chi connectivity index (χ0v) is 21.0. The Kier molecular flexibility index (Phi) is 6.65. The number of benzene rings is 2. The molecule has 0 radical (unpaired) electrons. The van der Waals surface area contributed by atoms with Gasteiger partial charge in [-0.05, 0) is 59.5 Å². The van der Waals surface area contributed by atoms with Gasteiger partial charge in [0.1, 0.15) is 11.1 Å². The Morgan fingerprint density at radius 3 is 2.51 bits per heavy atom. The molecule has 1 aromatic heterocycles. The van der Waals surface area contributed by atoms with Gasteiger partial charge in [0.05, 0.1) is 18.3 Å². The van der Waals surface area contributed by atoms with Crippen molar-refractivity contribution < 1.29 is 18.8 Å². The van der Waals surface area contributed by atoms with Crippen LogP contribution in [0.3, 0.4) is 0 Å². The van der Waals surface area contributed by atoms with Crippen molar-refractivity contribution in [3.05, 3.63) is 64.8 Å². The lowest BCUT2D eigenvalue weighted by Crippen LogP contribution is -2.63. The van der Waals surface area contributed by atoms with Crippen molar-refractivity contribution in [3.63, 3.8) is 0 Å². The first kappa shape index (κ1) is 23.6. The summed E-state index contributed by atoms with van der Waals surface area (Å²) in [7, 11) is 0. The van der Waals surface area contributed by atoms with Gasteiger partial charge in [-0.2, -0.15) is 0 Å². The molecule has 1 saturated heterocycles. The van der Waals surface area contributed by atoms with Crippen LogP contribution in [0.25, 0.3) is 11.0 Å². The predicted octanol–water partition coefficient (Wildman–Crippen LogP) is 4.59. The number of nitrogens with zero attached hydrogens (tertiary/aromatic N) is 1. The molecule has 35 heavy (non-hydrogen) atoms. The number of piperidine rings is 1. The Labute approximate surface area is 212 Å². The number of amides is 2. The smallest absolute Gasteiger partial charge is 0.287 e. The molecule has 0 spiro atoms. The standard InChI is InChI=1S/C27H28BrN3O4/c28-19-9-3-4-10-21(19)31-15-12-20(22(32)17-31)29-26(34)27(13-6-1-7-14-27)30-25(33)24-16-18-8-2-5-11-23(18)35-24/h2-5,8-11,16,20H,1,6-7,12-15,17H2,(H,29,34)(H,30,33). The average molecular weight is 538 g/mol. The molecule has 7 nitrogen and oxygen atoms in total. The summed E-state index contributed by atoms with van der Waals surface area (Å²) in [5.41, 5.74) is 0.545. The van der Waals surface area contributed by atoms with Crippen LogP contribution in [0.15, 0.2) is 63.5 Å². The van der Waals surface area contributed by atoms with E-state index >= 15 is 0 Å². The maximum absolute atomic E-state index is 13.5. The molecule has 2 amide bonds. The van der Waals surface area contributed by atoms with Gasteiger partial charge in [-0.1, -0.05) is 49.6 Å². The minimum absolute atomic E-state index is 0.0325. The molecule has 0 bridgehead atoms. The van der Waals surface area contributed by atoms with E-state index in [1.165, 1.54) is 0 Å². The number of fused-ring (bicyclic) bond motifs is 1. The molecule has 1 unspecified atom stereocenters. The van der Waals surface area contributed by atoms with Crippen LogP contribution in [0, 0.1) is 0 Å². The molecule has 2 fully saturated rings. The van der Waals surface area contributed by atoms with Crippen LogP contribution in [0.4, 0.5) is 5.69 Å². The molecule has 182 valence electrons. The summed E-state index contributed by atoms with van der Waals surface area (Å²) in [6.45, 7) is 0.879. The highest BCUT2D eigenvalue weighted by atomic mass is 79.9. The van der Waals surface area contributed by atoms with Gasteiger partial charge in [0.2, 0.25) is 5.91 Å². The number of ketones is 1. The number of furan rings is 1. The Morgan fingerprint density at radius 2 is 1.77 bits per heavy atom. The summed E-state index contributed by atoms with van der Waals surface area (Å²) in [6.07, 6.45) is 4.27. The van der Waals surface area contributed by atoms with Crippen molar-refractivity contribution in [2.75, 3.05) is 18.0 Å². The van der Waals surface area contributed by atoms with Crippen molar-refractivity contribution in [2.45, 2.75) is 50.1 Å². The number of Topliss-reactive ketones (excluding diaryl/α,β-unsaturated/α-hetero) is 1. The summed E-state index contributed by atoms with van der Waals surface area (Å²) >= 11 is 3.55. The maximum Gasteiger partial charge on any atom is 0.287 e. The second-order valence-corrected chi connectivity index (χ2v) is 10.3. The zero-order valence-electron chi connectivity index (χ0n) is 19.4. The summed E-state index contributed by atoms with van der Waals surface area (Å²) in [4.78, 5) is 41.7. The number of anilines is 1. The number of hydrogen-bond acceptors (Lipinski definition) is 5. The van der Waals surface area contributed by atoms with E-state index in [-0.39, 0.29) is 24.0 Å². The Hall–Kier alpha value is -3.13. The number of hydrogen-bond donors (Lipinski definition) is 2. The molecule has 1 aliphatic carbocycles. The van der Waals surface area contributed by atoms with Crippen molar-refractivity contribution >= 4 is 50.2 Å². The first-order chi connectivity index (χ1) is 16.9. The molecule has 2 aromatic carbocycles. The molecule has 1 aliphatic heterocycles. The van der Waals surface area contributed by atoms with Crippen molar-refractivity contribution in [3.8, 4) is 0 Å². The van der Waals surface area contributed by atoms with Crippen LogP contribution in [0.5, 0.6) is 0 Å².